The van der Waals surface area contributed by atoms with Gasteiger partial charge in [-0.3, -0.25) is 4.79 Å². The maximum atomic E-state index is 11.2. The number of carbonyl (C=O) groups is 2. The first-order chi connectivity index (χ1) is 10.6. The van der Waals surface area contributed by atoms with E-state index in [-0.39, 0.29) is 12.2 Å². The van der Waals surface area contributed by atoms with Crippen molar-refractivity contribution in [3.63, 3.8) is 0 Å². The predicted molar refractivity (Wildman–Crippen MR) is 80.9 cm³/mol. The zero-order valence-corrected chi connectivity index (χ0v) is 12.2. The summed E-state index contributed by atoms with van der Waals surface area (Å²) in [6.07, 6.45) is 0. The van der Waals surface area contributed by atoms with E-state index in [1.54, 1.807) is 12.1 Å². The first kappa shape index (κ1) is 15.9. The van der Waals surface area contributed by atoms with Crippen LogP contribution in [-0.4, -0.2) is 30.1 Å². The predicted octanol–water partition coefficient (Wildman–Crippen LogP) is 3.07. The molecule has 0 amide bonds. The summed E-state index contributed by atoms with van der Waals surface area (Å²) in [5.74, 6) is -1.34. The van der Waals surface area contributed by atoms with Crippen LogP contribution in [0.3, 0.4) is 0 Å². The van der Waals surface area contributed by atoms with Crippen molar-refractivity contribution >= 4 is 23.4 Å². The summed E-state index contributed by atoms with van der Waals surface area (Å²) in [5, 5.41) is 9.13. The topological polar surface area (TPSA) is 72.8 Å². The minimum absolute atomic E-state index is 0.104. The SMILES string of the molecule is O=C(O)C(=O)c1ccc(OCCOc2ccccc2Cl)cc1. The molecule has 0 spiro atoms. The van der Waals surface area contributed by atoms with Gasteiger partial charge in [0.05, 0.1) is 5.02 Å². The fourth-order valence-corrected chi connectivity index (χ4v) is 1.89. The number of benzene rings is 2. The Hall–Kier alpha value is -2.53. The molecule has 0 saturated heterocycles. The van der Waals surface area contributed by atoms with Crippen molar-refractivity contribution in [1.29, 1.82) is 0 Å². The fraction of sp³-hybridized carbons (Fsp3) is 0.125. The van der Waals surface area contributed by atoms with E-state index in [0.717, 1.165) is 0 Å². The van der Waals surface area contributed by atoms with E-state index in [9.17, 15) is 9.59 Å². The average Bonchev–Trinajstić information content (AvgIpc) is 2.53. The molecule has 0 aromatic heterocycles. The van der Waals surface area contributed by atoms with Crippen molar-refractivity contribution in [2.45, 2.75) is 0 Å². The molecule has 1 N–H and O–H groups in total. The molecule has 2 aromatic rings. The van der Waals surface area contributed by atoms with Gasteiger partial charge in [-0.05, 0) is 36.4 Å². The van der Waals surface area contributed by atoms with Gasteiger partial charge in [-0.2, -0.15) is 0 Å². The Bertz CT molecular complexity index is 666. The highest BCUT2D eigenvalue weighted by Gasteiger charge is 2.13. The van der Waals surface area contributed by atoms with Crippen molar-refractivity contribution in [3.8, 4) is 11.5 Å². The standard InChI is InChI=1S/C16H13ClO5/c17-13-3-1-2-4-14(13)22-10-9-21-12-7-5-11(6-8-12)15(18)16(19)20/h1-8H,9-10H2,(H,19,20). The third-order valence-electron chi connectivity index (χ3n) is 2.76. The number of hydrogen-bond donors (Lipinski definition) is 1. The summed E-state index contributed by atoms with van der Waals surface area (Å²) >= 11 is 5.95. The highest BCUT2D eigenvalue weighted by molar-refractivity contribution is 6.39. The van der Waals surface area contributed by atoms with Crippen LogP contribution >= 0.6 is 11.6 Å². The lowest BCUT2D eigenvalue weighted by Gasteiger charge is -2.09. The summed E-state index contributed by atoms with van der Waals surface area (Å²) in [5.41, 5.74) is 0.104. The molecule has 0 atom stereocenters. The van der Waals surface area contributed by atoms with Gasteiger partial charge in [0.2, 0.25) is 0 Å². The smallest absolute Gasteiger partial charge is 0.377 e. The molecule has 0 unspecified atom stereocenters. The van der Waals surface area contributed by atoms with Crippen molar-refractivity contribution in [2.75, 3.05) is 13.2 Å². The van der Waals surface area contributed by atoms with E-state index >= 15 is 0 Å². The summed E-state index contributed by atoms with van der Waals surface area (Å²) in [7, 11) is 0. The molecule has 0 aliphatic heterocycles. The van der Waals surface area contributed by atoms with E-state index in [4.69, 9.17) is 26.2 Å². The molecule has 6 heteroatoms. The quantitative estimate of drug-likeness (QED) is 0.482. The number of ether oxygens (including phenoxy) is 2. The number of Topliss-reactive ketones (excluding diaryl/α,β-unsaturated/α-hetero) is 1. The van der Waals surface area contributed by atoms with Crippen molar-refractivity contribution in [1.82, 2.24) is 0 Å². The molecule has 0 radical (unpaired) electrons. The van der Waals surface area contributed by atoms with Crippen LogP contribution in [-0.2, 0) is 4.79 Å². The van der Waals surface area contributed by atoms with Gasteiger partial charge in [0.15, 0.2) is 0 Å². The molecule has 2 rings (SSSR count). The third-order valence-corrected chi connectivity index (χ3v) is 3.07. The van der Waals surface area contributed by atoms with Crippen LogP contribution in [0.5, 0.6) is 11.5 Å². The van der Waals surface area contributed by atoms with Crippen LogP contribution in [0.1, 0.15) is 10.4 Å². The van der Waals surface area contributed by atoms with E-state index < -0.39 is 11.8 Å². The highest BCUT2D eigenvalue weighted by atomic mass is 35.5. The van der Waals surface area contributed by atoms with Crippen LogP contribution in [0.15, 0.2) is 48.5 Å². The molecule has 0 saturated carbocycles. The maximum absolute atomic E-state index is 11.2. The zero-order chi connectivity index (χ0) is 15.9. The minimum Gasteiger partial charge on any atom is -0.490 e. The van der Waals surface area contributed by atoms with Gasteiger partial charge in [-0.25, -0.2) is 4.79 Å². The van der Waals surface area contributed by atoms with E-state index in [0.29, 0.717) is 23.1 Å². The van der Waals surface area contributed by atoms with E-state index in [1.807, 2.05) is 12.1 Å². The third kappa shape index (κ3) is 4.23. The van der Waals surface area contributed by atoms with Crippen LogP contribution < -0.4 is 9.47 Å². The number of ketones is 1. The second kappa shape index (κ2) is 7.47. The number of carboxylic acids is 1. The van der Waals surface area contributed by atoms with Crippen molar-refractivity contribution in [3.05, 3.63) is 59.1 Å². The Morgan fingerprint density at radius 1 is 0.955 bits per heavy atom. The minimum atomic E-state index is -1.48. The lowest BCUT2D eigenvalue weighted by Crippen LogP contribution is -2.12. The number of para-hydroxylation sites is 1. The molecular weight excluding hydrogens is 308 g/mol. The summed E-state index contributed by atoms with van der Waals surface area (Å²) < 4.78 is 10.9. The summed E-state index contributed by atoms with van der Waals surface area (Å²) in [6, 6.07) is 13.0. The molecule has 0 heterocycles. The summed E-state index contributed by atoms with van der Waals surface area (Å²) in [6.45, 7) is 0.594. The molecule has 0 fully saturated rings. The van der Waals surface area contributed by atoms with Crippen molar-refractivity contribution in [2.24, 2.45) is 0 Å². The number of carbonyl (C=O) groups excluding carboxylic acids is 1. The van der Waals surface area contributed by atoms with Gasteiger partial charge in [-0.15, -0.1) is 0 Å². The molecule has 5 nitrogen and oxygen atoms in total. The molecule has 114 valence electrons. The number of rotatable bonds is 7. The van der Waals surface area contributed by atoms with Gasteiger partial charge < -0.3 is 14.6 Å². The number of aliphatic carboxylic acids is 1. The van der Waals surface area contributed by atoms with Crippen molar-refractivity contribution < 1.29 is 24.2 Å². The molecule has 2 aromatic carbocycles. The Kier molecular flexibility index (Phi) is 5.38. The monoisotopic (exact) mass is 320 g/mol. The molecular formula is C16H13ClO5. The molecule has 0 aliphatic rings. The second-order valence-corrected chi connectivity index (χ2v) is 4.69. The van der Waals surface area contributed by atoms with Crippen LogP contribution in [0.25, 0.3) is 0 Å². The largest absolute Gasteiger partial charge is 0.490 e. The Morgan fingerprint density at radius 2 is 1.59 bits per heavy atom. The van der Waals surface area contributed by atoms with Gasteiger partial charge in [0, 0.05) is 5.56 Å². The molecule has 0 bridgehead atoms. The van der Waals surface area contributed by atoms with Crippen LogP contribution in [0.2, 0.25) is 5.02 Å². The van der Waals surface area contributed by atoms with Gasteiger partial charge in [0.25, 0.3) is 5.78 Å². The fourth-order valence-electron chi connectivity index (χ4n) is 1.70. The molecule has 0 aliphatic carbocycles. The van der Waals surface area contributed by atoms with E-state index in [1.165, 1.54) is 24.3 Å². The number of carboxylic acid groups (broad SMARTS) is 1. The van der Waals surface area contributed by atoms with E-state index in [2.05, 4.69) is 0 Å². The normalized spacial score (nSPS) is 10.0. The van der Waals surface area contributed by atoms with Gasteiger partial charge in [-0.1, -0.05) is 23.7 Å². The lowest BCUT2D eigenvalue weighted by molar-refractivity contribution is -0.131. The number of hydrogen-bond acceptors (Lipinski definition) is 4. The average molecular weight is 321 g/mol. The lowest BCUT2D eigenvalue weighted by atomic mass is 10.1. The van der Waals surface area contributed by atoms with Crippen LogP contribution in [0.4, 0.5) is 0 Å². The van der Waals surface area contributed by atoms with Gasteiger partial charge >= 0.3 is 5.97 Å². The first-order valence-electron chi connectivity index (χ1n) is 6.46. The second-order valence-electron chi connectivity index (χ2n) is 4.29. The Labute approximate surface area is 132 Å². The van der Waals surface area contributed by atoms with Gasteiger partial charge in [0.1, 0.15) is 24.7 Å². The Morgan fingerprint density at radius 3 is 2.23 bits per heavy atom. The Balaban J connectivity index is 1.81. The zero-order valence-electron chi connectivity index (χ0n) is 11.5. The van der Waals surface area contributed by atoms with Crippen LogP contribution in [0, 0.1) is 0 Å². The maximum Gasteiger partial charge on any atom is 0.377 e. The number of halogens is 1. The highest BCUT2D eigenvalue weighted by Crippen LogP contribution is 2.22. The molecule has 22 heavy (non-hydrogen) atoms. The summed E-state index contributed by atoms with van der Waals surface area (Å²) in [4.78, 5) is 21.8. The first-order valence-corrected chi connectivity index (χ1v) is 6.83.